The molecule has 0 amide bonds. The van der Waals surface area contributed by atoms with Crippen molar-refractivity contribution < 1.29 is 9.47 Å². The Hall–Kier alpha value is -1.44. The van der Waals surface area contributed by atoms with Crippen LogP contribution in [-0.4, -0.2) is 80.3 Å². The summed E-state index contributed by atoms with van der Waals surface area (Å²) >= 11 is 1.87. The standard InChI is InChI=1S/C23H33N3O2S/c1-3-23(29-18-1)20-26-9-2-8-25(10-11-26)19-21-4-6-22(7-5-21)28-17-14-24-12-15-27-16-13-24/h1,3-7,18H,2,8-17,19-20H2. The molecule has 2 aliphatic heterocycles. The van der Waals surface area contributed by atoms with E-state index in [9.17, 15) is 0 Å². The summed E-state index contributed by atoms with van der Waals surface area (Å²) in [5.74, 6) is 0.972. The molecule has 1 aromatic heterocycles. The molecule has 2 aromatic rings. The van der Waals surface area contributed by atoms with Crippen LogP contribution in [0.25, 0.3) is 0 Å². The van der Waals surface area contributed by atoms with Crippen molar-refractivity contribution in [2.75, 3.05) is 65.6 Å². The number of rotatable bonds is 8. The third-order valence-corrected chi connectivity index (χ3v) is 6.61. The van der Waals surface area contributed by atoms with Gasteiger partial charge in [-0.1, -0.05) is 18.2 Å². The van der Waals surface area contributed by atoms with Crippen LogP contribution in [0.4, 0.5) is 0 Å². The molecule has 0 bridgehead atoms. The molecule has 158 valence electrons. The van der Waals surface area contributed by atoms with Gasteiger partial charge >= 0.3 is 0 Å². The van der Waals surface area contributed by atoms with Gasteiger partial charge in [-0.15, -0.1) is 11.3 Å². The monoisotopic (exact) mass is 415 g/mol. The summed E-state index contributed by atoms with van der Waals surface area (Å²) < 4.78 is 11.3. The van der Waals surface area contributed by atoms with E-state index in [2.05, 4.69) is 56.5 Å². The molecule has 1 aromatic carbocycles. The van der Waals surface area contributed by atoms with E-state index in [0.717, 1.165) is 71.4 Å². The predicted molar refractivity (Wildman–Crippen MR) is 119 cm³/mol. The van der Waals surface area contributed by atoms with Gasteiger partial charge in [-0.25, -0.2) is 0 Å². The SMILES string of the molecule is c1csc(CN2CCCN(Cc3ccc(OCCN4CCOCC4)cc3)CC2)c1. The second-order valence-corrected chi connectivity index (χ2v) is 8.96. The lowest BCUT2D eigenvalue weighted by atomic mass is 10.2. The molecule has 2 aliphatic rings. The molecule has 29 heavy (non-hydrogen) atoms. The fraction of sp³-hybridized carbons (Fsp3) is 0.565. The first-order chi connectivity index (χ1) is 14.3. The first-order valence-electron chi connectivity index (χ1n) is 10.8. The van der Waals surface area contributed by atoms with Gasteiger partial charge < -0.3 is 9.47 Å². The summed E-state index contributed by atoms with van der Waals surface area (Å²) in [4.78, 5) is 9.06. The average Bonchev–Trinajstić information content (AvgIpc) is 3.17. The highest BCUT2D eigenvalue weighted by molar-refractivity contribution is 7.09. The highest BCUT2D eigenvalue weighted by atomic mass is 32.1. The number of thiophene rings is 1. The van der Waals surface area contributed by atoms with Crippen LogP contribution in [0.15, 0.2) is 41.8 Å². The summed E-state index contributed by atoms with van der Waals surface area (Å²) in [6, 6.07) is 13.1. The van der Waals surface area contributed by atoms with Gasteiger partial charge in [0, 0.05) is 50.7 Å². The van der Waals surface area contributed by atoms with Crippen LogP contribution in [-0.2, 0) is 17.8 Å². The summed E-state index contributed by atoms with van der Waals surface area (Å²) in [6.07, 6.45) is 1.24. The maximum atomic E-state index is 5.94. The van der Waals surface area contributed by atoms with Crippen LogP contribution in [0.5, 0.6) is 5.75 Å². The Bertz CT molecular complexity index is 701. The van der Waals surface area contributed by atoms with Gasteiger partial charge in [-0.05, 0) is 48.7 Å². The third kappa shape index (κ3) is 6.79. The number of ether oxygens (including phenoxy) is 2. The van der Waals surface area contributed by atoms with Gasteiger partial charge in [0.25, 0.3) is 0 Å². The maximum Gasteiger partial charge on any atom is 0.119 e. The minimum atomic E-state index is 0.742. The lowest BCUT2D eigenvalue weighted by Gasteiger charge is -2.26. The van der Waals surface area contributed by atoms with E-state index in [0.29, 0.717) is 0 Å². The zero-order valence-electron chi connectivity index (χ0n) is 17.3. The number of nitrogens with zero attached hydrogens (tertiary/aromatic N) is 3. The Balaban J connectivity index is 1.18. The molecule has 3 heterocycles. The van der Waals surface area contributed by atoms with Crippen molar-refractivity contribution in [2.24, 2.45) is 0 Å². The number of hydrogen-bond acceptors (Lipinski definition) is 6. The Morgan fingerprint density at radius 1 is 0.828 bits per heavy atom. The molecule has 0 radical (unpaired) electrons. The van der Waals surface area contributed by atoms with Gasteiger partial charge in [-0.2, -0.15) is 0 Å². The molecule has 2 saturated heterocycles. The second kappa shape index (κ2) is 11.1. The van der Waals surface area contributed by atoms with Crippen molar-refractivity contribution in [1.29, 1.82) is 0 Å². The normalized spacial score (nSPS) is 19.9. The lowest BCUT2D eigenvalue weighted by Crippen LogP contribution is -2.38. The van der Waals surface area contributed by atoms with Gasteiger partial charge in [0.1, 0.15) is 12.4 Å². The van der Waals surface area contributed by atoms with Crippen LogP contribution in [0.1, 0.15) is 16.9 Å². The topological polar surface area (TPSA) is 28.2 Å². The number of hydrogen-bond donors (Lipinski definition) is 0. The molecule has 0 aliphatic carbocycles. The molecule has 0 N–H and O–H groups in total. The zero-order valence-corrected chi connectivity index (χ0v) is 18.1. The van der Waals surface area contributed by atoms with Crippen LogP contribution >= 0.6 is 11.3 Å². The first-order valence-corrected chi connectivity index (χ1v) is 11.7. The fourth-order valence-electron chi connectivity index (χ4n) is 4.03. The number of benzene rings is 1. The molecule has 2 fully saturated rings. The Labute approximate surface area is 178 Å². The second-order valence-electron chi connectivity index (χ2n) is 7.93. The molecule has 0 atom stereocenters. The van der Waals surface area contributed by atoms with Crippen LogP contribution in [0.3, 0.4) is 0 Å². The van der Waals surface area contributed by atoms with E-state index >= 15 is 0 Å². The van der Waals surface area contributed by atoms with Gasteiger partial charge in [0.05, 0.1) is 13.2 Å². The first kappa shape index (κ1) is 20.8. The Morgan fingerprint density at radius 3 is 2.31 bits per heavy atom. The summed E-state index contributed by atoms with van der Waals surface area (Å²) in [5.41, 5.74) is 1.37. The van der Waals surface area contributed by atoms with Crippen molar-refractivity contribution in [3.63, 3.8) is 0 Å². The molecule has 6 heteroatoms. The summed E-state index contributed by atoms with van der Waals surface area (Å²) in [7, 11) is 0. The average molecular weight is 416 g/mol. The van der Waals surface area contributed by atoms with Crippen molar-refractivity contribution in [3.8, 4) is 5.75 Å². The van der Waals surface area contributed by atoms with E-state index in [-0.39, 0.29) is 0 Å². The minimum Gasteiger partial charge on any atom is -0.492 e. The van der Waals surface area contributed by atoms with Crippen LogP contribution < -0.4 is 4.74 Å². The van der Waals surface area contributed by atoms with E-state index in [1.807, 2.05) is 11.3 Å². The third-order valence-electron chi connectivity index (χ3n) is 5.75. The Kier molecular flexibility index (Phi) is 7.96. The molecular formula is C23H33N3O2S. The molecule has 4 rings (SSSR count). The van der Waals surface area contributed by atoms with Crippen molar-refractivity contribution >= 4 is 11.3 Å². The minimum absolute atomic E-state index is 0.742. The lowest BCUT2D eigenvalue weighted by molar-refractivity contribution is 0.0322. The van der Waals surface area contributed by atoms with Crippen molar-refractivity contribution in [3.05, 3.63) is 52.2 Å². The fourth-order valence-corrected chi connectivity index (χ4v) is 4.78. The van der Waals surface area contributed by atoms with E-state index in [1.54, 1.807) is 0 Å². The zero-order chi connectivity index (χ0) is 19.7. The van der Waals surface area contributed by atoms with E-state index in [1.165, 1.54) is 30.0 Å². The smallest absolute Gasteiger partial charge is 0.119 e. The van der Waals surface area contributed by atoms with Gasteiger partial charge in [-0.3, -0.25) is 14.7 Å². The van der Waals surface area contributed by atoms with Gasteiger partial charge in [0.2, 0.25) is 0 Å². The molecule has 0 spiro atoms. The van der Waals surface area contributed by atoms with Crippen molar-refractivity contribution in [1.82, 2.24) is 14.7 Å². The van der Waals surface area contributed by atoms with Gasteiger partial charge in [0.15, 0.2) is 0 Å². The molecule has 5 nitrogen and oxygen atoms in total. The number of morpholine rings is 1. The van der Waals surface area contributed by atoms with Crippen molar-refractivity contribution in [2.45, 2.75) is 19.5 Å². The summed E-state index contributed by atoms with van der Waals surface area (Å²) in [6.45, 7) is 12.2. The van der Waals surface area contributed by atoms with Crippen LogP contribution in [0, 0.1) is 0 Å². The van der Waals surface area contributed by atoms with Crippen LogP contribution in [0.2, 0.25) is 0 Å². The molecule has 0 saturated carbocycles. The predicted octanol–water partition coefficient (Wildman–Crippen LogP) is 3.17. The van der Waals surface area contributed by atoms with E-state index in [4.69, 9.17) is 9.47 Å². The highest BCUT2D eigenvalue weighted by Gasteiger charge is 2.15. The highest BCUT2D eigenvalue weighted by Crippen LogP contribution is 2.17. The molecular weight excluding hydrogens is 382 g/mol. The van der Waals surface area contributed by atoms with E-state index < -0.39 is 0 Å². The molecule has 0 unspecified atom stereocenters. The largest absolute Gasteiger partial charge is 0.492 e. The Morgan fingerprint density at radius 2 is 1.59 bits per heavy atom. The quantitative estimate of drug-likeness (QED) is 0.660. The summed E-state index contributed by atoms with van der Waals surface area (Å²) in [5, 5.41) is 2.18. The maximum absolute atomic E-state index is 5.94.